The summed E-state index contributed by atoms with van der Waals surface area (Å²) in [5.74, 6) is 4.93. The molecule has 1 heterocycles. The monoisotopic (exact) mass is 381 g/mol. The first kappa shape index (κ1) is 21.5. The van der Waals surface area contributed by atoms with E-state index in [-0.39, 0.29) is 5.54 Å². The van der Waals surface area contributed by atoms with Crippen LogP contribution in [0.4, 0.5) is 0 Å². The van der Waals surface area contributed by atoms with Gasteiger partial charge in [-0.15, -0.1) is 5.54 Å². The van der Waals surface area contributed by atoms with E-state index in [2.05, 4.69) is 98.0 Å². The molecule has 0 aliphatic carbocycles. The third kappa shape index (κ3) is 4.38. The van der Waals surface area contributed by atoms with Gasteiger partial charge in [0.05, 0.1) is 0 Å². The minimum absolute atomic E-state index is 0.382. The summed E-state index contributed by atoms with van der Waals surface area (Å²) in [6.45, 7) is 20.3. The lowest BCUT2D eigenvalue weighted by molar-refractivity contribution is 0.382. The molecule has 0 bridgehead atoms. The normalized spacial score (nSPS) is 17.9. The topological polar surface area (TPSA) is 21.6 Å². The average molecular weight is 382 g/mol. The van der Waals surface area contributed by atoms with E-state index in [1.54, 1.807) is 0 Å². The molecule has 3 heteroatoms. The average Bonchev–Trinajstić information content (AvgIpc) is 2.86. The Labute approximate surface area is 167 Å². The number of rotatable bonds is 4. The van der Waals surface area contributed by atoms with E-state index in [0.717, 1.165) is 11.3 Å². The second-order valence-corrected chi connectivity index (χ2v) is 14.7. The van der Waals surface area contributed by atoms with Gasteiger partial charge in [0.15, 0.2) is 0 Å². The SMILES string of the molecule is Cc1ccc(C2=NC(C)(C)/C(=C\C#C[Si](C(C)C)(C(C)C)C(C)C)O2)cc1. The van der Waals surface area contributed by atoms with Crippen LogP contribution in [0.3, 0.4) is 0 Å². The van der Waals surface area contributed by atoms with Gasteiger partial charge in [-0.3, -0.25) is 0 Å². The number of aliphatic imine (C=N–C) groups is 1. The fourth-order valence-electron chi connectivity index (χ4n) is 4.25. The summed E-state index contributed by atoms with van der Waals surface area (Å²) in [7, 11) is -1.73. The van der Waals surface area contributed by atoms with Crippen LogP contribution in [0.2, 0.25) is 16.6 Å². The highest BCUT2D eigenvalue weighted by Crippen LogP contribution is 2.40. The largest absolute Gasteiger partial charge is 0.440 e. The first-order chi connectivity index (χ1) is 12.5. The molecule has 0 saturated heterocycles. The smallest absolute Gasteiger partial charge is 0.222 e. The molecule has 1 aliphatic heterocycles. The third-order valence-corrected chi connectivity index (χ3v) is 12.2. The van der Waals surface area contributed by atoms with Crippen molar-refractivity contribution < 1.29 is 4.74 Å². The van der Waals surface area contributed by atoms with Crippen molar-refractivity contribution in [2.24, 2.45) is 4.99 Å². The lowest BCUT2D eigenvalue weighted by Crippen LogP contribution is -2.43. The number of nitrogens with zero attached hydrogens (tertiary/aromatic N) is 1. The summed E-state index contributed by atoms with van der Waals surface area (Å²) in [4.78, 5) is 4.79. The van der Waals surface area contributed by atoms with E-state index in [0.29, 0.717) is 22.5 Å². The van der Waals surface area contributed by atoms with E-state index >= 15 is 0 Å². The molecule has 0 saturated carbocycles. The Balaban J connectivity index is 2.33. The van der Waals surface area contributed by atoms with Crippen LogP contribution in [0.25, 0.3) is 0 Å². The van der Waals surface area contributed by atoms with E-state index in [9.17, 15) is 0 Å². The maximum Gasteiger partial charge on any atom is 0.222 e. The molecule has 0 N–H and O–H groups in total. The Morgan fingerprint density at radius 1 is 0.963 bits per heavy atom. The van der Waals surface area contributed by atoms with E-state index in [1.807, 2.05) is 6.08 Å². The zero-order valence-corrected chi connectivity index (χ0v) is 19.5. The summed E-state index contributed by atoms with van der Waals surface area (Å²) in [5.41, 5.74) is 7.48. The molecule has 0 amide bonds. The van der Waals surface area contributed by atoms with E-state index < -0.39 is 8.07 Å². The van der Waals surface area contributed by atoms with Crippen molar-refractivity contribution in [2.45, 2.75) is 84.5 Å². The molecule has 146 valence electrons. The van der Waals surface area contributed by atoms with Crippen molar-refractivity contribution in [3.63, 3.8) is 0 Å². The quantitative estimate of drug-likeness (QED) is 0.422. The predicted molar refractivity (Wildman–Crippen MR) is 120 cm³/mol. The van der Waals surface area contributed by atoms with Crippen LogP contribution in [0, 0.1) is 18.4 Å². The maximum absolute atomic E-state index is 6.12. The second-order valence-electron chi connectivity index (χ2n) is 9.12. The van der Waals surface area contributed by atoms with Crippen LogP contribution in [0.1, 0.15) is 66.5 Å². The lowest BCUT2D eigenvalue weighted by Gasteiger charge is -2.38. The molecule has 1 aromatic carbocycles. The first-order valence-electron chi connectivity index (χ1n) is 10.1. The molecular formula is C24H35NOSi. The van der Waals surface area contributed by atoms with Gasteiger partial charge in [-0.25, -0.2) is 4.99 Å². The highest BCUT2D eigenvalue weighted by atomic mass is 28.3. The molecule has 0 aromatic heterocycles. The van der Waals surface area contributed by atoms with Crippen molar-refractivity contribution in [3.8, 4) is 11.5 Å². The fourth-order valence-corrected chi connectivity index (χ4v) is 9.43. The van der Waals surface area contributed by atoms with Gasteiger partial charge in [-0.2, -0.15) is 0 Å². The fraction of sp³-hybridized carbons (Fsp3) is 0.542. The van der Waals surface area contributed by atoms with Gasteiger partial charge in [-0.05, 0) is 49.5 Å². The van der Waals surface area contributed by atoms with Gasteiger partial charge in [0.1, 0.15) is 19.4 Å². The van der Waals surface area contributed by atoms with E-state index in [1.165, 1.54) is 5.56 Å². The standard InChI is InChI=1S/C24H35NOSi/c1-17(2)27(18(3)4,19(5)6)16-10-11-22-24(8,9)25-23(26-22)21-14-12-20(7)13-15-21/h11-15,17-19H,1-9H3/b22-11+. The van der Waals surface area contributed by atoms with Gasteiger partial charge in [0, 0.05) is 11.6 Å². The van der Waals surface area contributed by atoms with Crippen molar-refractivity contribution in [2.75, 3.05) is 0 Å². The van der Waals surface area contributed by atoms with Crippen LogP contribution in [0.5, 0.6) is 0 Å². The number of benzene rings is 1. The van der Waals surface area contributed by atoms with Gasteiger partial charge < -0.3 is 4.74 Å². The first-order valence-corrected chi connectivity index (χ1v) is 12.3. The zero-order chi connectivity index (χ0) is 20.4. The summed E-state index contributed by atoms with van der Waals surface area (Å²) in [5, 5.41) is 0. The Morgan fingerprint density at radius 2 is 1.48 bits per heavy atom. The molecule has 0 atom stereocenters. The van der Waals surface area contributed by atoms with Crippen molar-refractivity contribution in [1.29, 1.82) is 0 Å². The van der Waals surface area contributed by atoms with Gasteiger partial charge in [0.25, 0.3) is 0 Å². The predicted octanol–water partition coefficient (Wildman–Crippen LogP) is 6.66. The summed E-state index contributed by atoms with van der Waals surface area (Å²) < 4.78 is 6.12. The minimum atomic E-state index is -1.73. The molecule has 2 rings (SSSR count). The summed E-state index contributed by atoms with van der Waals surface area (Å²) >= 11 is 0. The van der Waals surface area contributed by atoms with Crippen molar-refractivity contribution >= 4 is 14.0 Å². The molecule has 2 nitrogen and oxygen atoms in total. The van der Waals surface area contributed by atoms with Gasteiger partial charge >= 0.3 is 0 Å². The summed E-state index contributed by atoms with van der Waals surface area (Å²) in [6.07, 6.45) is 1.96. The van der Waals surface area contributed by atoms with Gasteiger partial charge in [-0.1, -0.05) is 65.2 Å². The van der Waals surface area contributed by atoms with Crippen molar-refractivity contribution in [3.05, 3.63) is 47.2 Å². The van der Waals surface area contributed by atoms with Crippen molar-refractivity contribution in [1.82, 2.24) is 0 Å². The van der Waals surface area contributed by atoms with Crippen LogP contribution >= 0.6 is 0 Å². The summed E-state index contributed by atoms with van der Waals surface area (Å²) in [6, 6.07) is 8.30. The van der Waals surface area contributed by atoms with Crippen LogP contribution < -0.4 is 0 Å². The highest BCUT2D eigenvalue weighted by molar-refractivity contribution is 6.90. The molecule has 1 aromatic rings. The number of allylic oxidation sites excluding steroid dienone is 1. The molecule has 0 radical (unpaired) electrons. The molecule has 0 spiro atoms. The number of hydrogen-bond donors (Lipinski definition) is 0. The maximum atomic E-state index is 6.12. The highest BCUT2D eigenvalue weighted by Gasteiger charge is 2.41. The van der Waals surface area contributed by atoms with Gasteiger partial charge in [0.2, 0.25) is 5.90 Å². The number of hydrogen-bond acceptors (Lipinski definition) is 2. The van der Waals surface area contributed by atoms with E-state index in [4.69, 9.17) is 9.73 Å². The van der Waals surface area contributed by atoms with Crippen LogP contribution in [0.15, 0.2) is 41.1 Å². The molecule has 27 heavy (non-hydrogen) atoms. The second kappa shape index (κ2) is 8.06. The number of ether oxygens (including phenoxy) is 1. The lowest BCUT2D eigenvalue weighted by atomic mass is 10.0. The third-order valence-electron chi connectivity index (χ3n) is 5.85. The van der Waals surface area contributed by atoms with Crippen LogP contribution in [-0.4, -0.2) is 19.5 Å². The Hall–Kier alpha value is -1.79. The molecule has 0 fully saturated rings. The zero-order valence-electron chi connectivity index (χ0n) is 18.5. The Kier molecular flexibility index (Phi) is 6.42. The molecule has 1 aliphatic rings. The number of aryl methyl sites for hydroxylation is 1. The minimum Gasteiger partial charge on any atom is -0.440 e. The Morgan fingerprint density at radius 3 is 1.96 bits per heavy atom. The Bertz CT molecular complexity index is 764. The molecular weight excluding hydrogens is 346 g/mol. The molecule has 0 unspecified atom stereocenters. The van der Waals surface area contributed by atoms with Crippen LogP contribution in [-0.2, 0) is 4.74 Å².